The predicted octanol–water partition coefficient (Wildman–Crippen LogP) is 2.27. The molecule has 0 aromatic carbocycles. The number of nitrogens with zero attached hydrogens (tertiary/aromatic N) is 3. The van der Waals surface area contributed by atoms with Crippen LogP contribution in [-0.2, 0) is 4.79 Å². The topological polar surface area (TPSA) is 115 Å². The number of hydrogen-bond donors (Lipinski definition) is 2. The molecule has 0 spiro atoms. The molecule has 1 saturated heterocycles. The number of thiophene rings is 2. The summed E-state index contributed by atoms with van der Waals surface area (Å²) in [5.74, 6) is 0.243. The fourth-order valence-electron chi connectivity index (χ4n) is 2.90. The first-order valence-electron chi connectivity index (χ1n) is 7.73. The minimum Gasteiger partial charge on any atom is -0.397 e. The second kappa shape index (κ2) is 6.08. The van der Waals surface area contributed by atoms with E-state index in [1.54, 1.807) is 11.3 Å². The fraction of sp³-hybridized carbons (Fsp3) is 0.250. The average molecular weight is 373 g/mol. The number of nitrogens with two attached hydrogens (primary N) is 2. The van der Waals surface area contributed by atoms with E-state index in [0.717, 1.165) is 5.56 Å². The Morgan fingerprint density at radius 1 is 1.24 bits per heavy atom. The van der Waals surface area contributed by atoms with Gasteiger partial charge >= 0.3 is 0 Å². The lowest BCUT2D eigenvalue weighted by Gasteiger charge is -2.26. The number of aromatic nitrogens is 2. The maximum Gasteiger partial charge on any atom is 0.260 e. The Labute approximate surface area is 151 Å². The highest BCUT2D eigenvalue weighted by Crippen LogP contribution is 2.39. The van der Waals surface area contributed by atoms with Crippen LogP contribution < -0.4 is 16.4 Å². The molecule has 1 fully saturated rings. The number of amides is 1. The highest BCUT2D eigenvalue weighted by molar-refractivity contribution is 7.21. The summed E-state index contributed by atoms with van der Waals surface area (Å²) in [5, 5.41) is 4.60. The monoisotopic (exact) mass is 373 g/mol. The Morgan fingerprint density at radius 3 is 2.64 bits per heavy atom. The van der Waals surface area contributed by atoms with Crippen LogP contribution in [-0.4, -0.2) is 34.7 Å². The predicted molar refractivity (Wildman–Crippen MR) is 100 cm³/mol. The molecule has 1 amide bonds. The molecule has 0 aliphatic carbocycles. The number of carbonyl (C=O) groups excluding carboxylic acids is 2. The van der Waals surface area contributed by atoms with Gasteiger partial charge in [0.2, 0.25) is 5.95 Å². The van der Waals surface area contributed by atoms with Crippen LogP contribution in [0.25, 0.3) is 21.5 Å². The number of nitrogen functional groups attached to an aromatic ring is 1. The molecule has 25 heavy (non-hydrogen) atoms. The molecule has 3 aromatic heterocycles. The third kappa shape index (κ3) is 2.75. The summed E-state index contributed by atoms with van der Waals surface area (Å²) < 4.78 is 0. The van der Waals surface area contributed by atoms with E-state index >= 15 is 0 Å². The van der Waals surface area contributed by atoms with Crippen LogP contribution in [0.15, 0.2) is 16.8 Å². The van der Waals surface area contributed by atoms with Crippen molar-refractivity contribution in [1.82, 2.24) is 9.97 Å². The van der Waals surface area contributed by atoms with Crippen molar-refractivity contribution in [1.29, 1.82) is 0 Å². The van der Waals surface area contributed by atoms with Gasteiger partial charge in [-0.1, -0.05) is 0 Å². The Balaban J connectivity index is 1.92. The lowest BCUT2D eigenvalue weighted by Crippen LogP contribution is -2.35. The Morgan fingerprint density at radius 2 is 2.00 bits per heavy atom. The van der Waals surface area contributed by atoms with E-state index in [-0.39, 0.29) is 5.78 Å². The quantitative estimate of drug-likeness (QED) is 0.728. The first-order valence-corrected chi connectivity index (χ1v) is 9.49. The van der Waals surface area contributed by atoms with Gasteiger partial charge in [0.05, 0.1) is 16.8 Å². The summed E-state index contributed by atoms with van der Waals surface area (Å²) in [7, 11) is 0. The van der Waals surface area contributed by atoms with E-state index in [0.29, 0.717) is 58.4 Å². The molecule has 0 radical (unpaired) electrons. The number of hydrogen-bond acceptors (Lipinski definition) is 8. The largest absolute Gasteiger partial charge is 0.397 e. The Kier molecular flexibility index (Phi) is 3.89. The lowest BCUT2D eigenvalue weighted by atomic mass is 10.1. The SMILES string of the molecule is NC(=O)c1sc2nc(N3CCC(=O)CC3)nc(-c3ccsc3)c2c1N. The van der Waals surface area contributed by atoms with Crippen LogP contribution in [0.1, 0.15) is 22.5 Å². The molecule has 0 bridgehead atoms. The van der Waals surface area contributed by atoms with Crippen LogP contribution >= 0.6 is 22.7 Å². The van der Waals surface area contributed by atoms with Crippen LogP contribution in [0.2, 0.25) is 0 Å². The molecular formula is C16H15N5O2S2. The maximum atomic E-state index is 11.7. The van der Waals surface area contributed by atoms with Gasteiger partial charge in [0.25, 0.3) is 5.91 Å². The Hall–Kier alpha value is -2.52. The van der Waals surface area contributed by atoms with Gasteiger partial charge in [-0.2, -0.15) is 11.3 Å². The number of primary amides is 1. The number of carbonyl (C=O) groups is 2. The molecule has 0 unspecified atom stereocenters. The van der Waals surface area contributed by atoms with Crippen molar-refractivity contribution in [3.63, 3.8) is 0 Å². The van der Waals surface area contributed by atoms with E-state index in [2.05, 4.69) is 4.98 Å². The highest BCUT2D eigenvalue weighted by atomic mass is 32.1. The van der Waals surface area contributed by atoms with Crippen molar-refractivity contribution in [3.8, 4) is 11.3 Å². The Bertz CT molecular complexity index is 970. The van der Waals surface area contributed by atoms with Gasteiger partial charge in [-0.25, -0.2) is 9.97 Å². The molecule has 4 N–H and O–H groups in total. The minimum absolute atomic E-state index is 0.256. The van der Waals surface area contributed by atoms with Gasteiger partial charge in [0, 0.05) is 36.9 Å². The van der Waals surface area contributed by atoms with Crippen LogP contribution in [0, 0.1) is 0 Å². The van der Waals surface area contributed by atoms with Gasteiger partial charge < -0.3 is 16.4 Å². The number of anilines is 2. The smallest absolute Gasteiger partial charge is 0.260 e. The van der Waals surface area contributed by atoms with Crippen LogP contribution in [0.3, 0.4) is 0 Å². The molecule has 4 rings (SSSR count). The summed E-state index contributed by atoms with van der Waals surface area (Å²) in [4.78, 5) is 35.4. The number of piperidine rings is 1. The van der Waals surface area contributed by atoms with Gasteiger partial charge in [0.1, 0.15) is 15.5 Å². The molecule has 3 aromatic rings. The fourth-order valence-corrected chi connectivity index (χ4v) is 4.48. The third-order valence-electron chi connectivity index (χ3n) is 4.20. The summed E-state index contributed by atoms with van der Waals surface area (Å²) in [6.45, 7) is 1.19. The standard InChI is InChI=1S/C16H15N5O2S2/c17-11-10-12(8-3-6-24-7-8)19-16(21-4-1-9(22)2-5-21)20-15(10)25-13(11)14(18)23/h3,6-7H,1-2,4-5,17H2,(H2,18,23). The zero-order valence-corrected chi connectivity index (χ0v) is 14.8. The normalized spacial score (nSPS) is 15.0. The zero-order valence-electron chi connectivity index (χ0n) is 13.2. The summed E-state index contributed by atoms with van der Waals surface area (Å²) in [6.07, 6.45) is 0.989. The number of rotatable bonds is 3. The van der Waals surface area contributed by atoms with Crippen molar-refractivity contribution >= 4 is 56.2 Å². The van der Waals surface area contributed by atoms with Gasteiger partial charge in [-0.15, -0.1) is 11.3 Å². The van der Waals surface area contributed by atoms with Gasteiger partial charge in [-0.3, -0.25) is 9.59 Å². The molecule has 9 heteroatoms. The zero-order chi connectivity index (χ0) is 17.6. The molecule has 4 heterocycles. The van der Waals surface area contributed by atoms with Gasteiger partial charge in [0.15, 0.2) is 0 Å². The number of ketones is 1. The minimum atomic E-state index is -0.568. The number of fused-ring (bicyclic) bond motifs is 1. The third-order valence-corrected chi connectivity index (χ3v) is 6.00. The molecule has 1 aliphatic rings. The first-order chi connectivity index (χ1) is 12.0. The second-order valence-corrected chi connectivity index (χ2v) is 7.58. The molecule has 0 atom stereocenters. The molecule has 1 aliphatic heterocycles. The second-order valence-electron chi connectivity index (χ2n) is 5.80. The van der Waals surface area contributed by atoms with E-state index in [4.69, 9.17) is 16.5 Å². The van der Waals surface area contributed by atoms with Crippen molar-refractivity contribution in [2.75, 3.05) is 23.7 Å². The van der Waals surface area contributed by atoms with E-state index in [1.807, 2.05) is 21.7 Å². The average Bonchev–Trinajstić information content (AvgIpc) is 3.23. The van der Waals surface area contributed by atoms with Crippen LogP contribution in [0.5, 0.6) is 0 Å². The van der Waals surface area contributed by atoms with Crippen LogP contribution in [0.4, 0.5) is 11.6 Å². The molecule has 7 nitrogen and oxygen atoms in total. The molecular weight excluding hydrogens is 358 g/mol. The first kappa shape index (κ1) is 16.0. The van der Waals surface area contributed by atoms with Crippen molar-refractivity contribution < 1.29 is 9.59 Å². The molecule has 128 valence electrons. The van der Waals surface area contributed by atoms with E-state index < -0.39 is 5.91 Å². The van der Waals surface area contributed by atoms with Crippen molar-refractivity contribution in [2.45, 2.75) is 12.8 Å². The maximum absolute atomic E-state index is 11.7. The summed E-state index contributed by atoms with van der Waals surface area (Å²) >= 11 is 2.74. The molecule has 0 saturated carbocycles. The summed E-state index contributed by atoms with van der Waals surface area (Å²) in [5.41, 5.74) is 13.6. The van der Waals surface area contributed by atoms with Crippen molar-refractivity contribution in [3.05, 3.63) is 21.7 Å². The number of Topliss-reactive ketones (excluding diaryl/α,β-unsaturated/α-hetero) is 1. The van der Waals surface area contributed by atoms with Crippen molar-refractivity contribution in [2.24, 2.45) is 5.73 Å². The summed E-state index contributed by atoms with van der Waals surface area (Å²) in [6, 6.07) is 1.96. The highest BCUT2D eigenvalue weighted by Gasteiger charge is 2.24. The van der Waals surface area contributed by atoms with Gasteiger partial charge in [-0.05, 0) is 11.4 Å². The van der Waals surface area contributed by atoms with E-state index in [1.165, 1.54) is 11.3 Å². The lowest BCUT2D eigenvalue weighted by molar-refractivity contribution is -0.119. The van der Waals surface area contributed by atoms with E-state index in [9.17, 15) is 9.59 Å².